The Morgan fingerprint density at radius 3 is 2.68 bits per heavy atom. The fourth-order valence-electron chi connectivity index (χ4n) is 2.27. The maximum Gasteiger partial charge on any atom is 0.181 e. The van der Waals surface area contributed by atoms with E-state index < -0.39 is 0 Å². The monoisotopic (exact) mass is 254 g/mol. The van der Waals surface area contributed by atoms with Gasteiger partial charge in [0.25, 0.3) is 0 Å². The van der Waals surface area contributed by atoms with E-state index in [-0.39, 0.29) is 5.78 Å². The smallest absolute Gasteiger partial charge is 0.181 e. The van der Waals surface area contributed by atoms with Gasteiger partial charge >= 0.3 is 0 Å². The van der Waals surface area contributed by atoms with Crippen LogP contribution in [0.5, 0.6) is 5.75 Å². The van der Waals surface area contributed by atoms with Crippen LogP contribution >= 0.6 is 0 Å². The molecular formula is C15H14N2O2. The molecule has 96 valence electrons. The summed E-state index contributed by atoms with van der Waals surface area (Å²) in [5.74, 6) is 1.51. The summed E-state index contributed by atoms with van der Waals surface area (Å²) >= 11 is 0. The first-order valence-electron chi connectivity index (χ1n) is 6.31. The van der Waals surface area contributed by atoms with E-state index >= 15 is 0 Å². The Hall–Kier alpha value is -2.23. The molecule has 1 heterocycles. The number of fused-ring (bicyclic) bond motifs is 1. The number of Topliss-reactive ketones (excluding diaryl/α,β-unsaturated/α-hetero) is 1. The molecule has 4 heteroatoms. The van der Waals surface area contributed by atoms with E-state index in [1.165, 1.54) is 0 Å². The number of nitrogens with zero attached hydrogens (tertiary/aromatic N) is 2. The highest BCUT2D eigenvalue weighted by Crippen LogP contribution is 2.23. The lowest BCUT2D eigenvalue weighted by atomic mass is 9.96. The molecule has 0 aliphatic heterocycles. The Kier molecular flexibility index (Phi) is 2.99. The number of aryl methyl sites for hydroxylation is 1. The van der Waals surface area contributed by atoms with Crippen LogP contribution in [0, 0.1) is 0 Å². The van der Waals surface area contributed by atoms with E-state index in [9.17, 15) is 4.79 Å². The van der Waals surface area contributed by atoms with Crippen molar-refractivity contribution in [3.05, 3.63) is 41.7 Å². The van der Waals surface area contributed by atoms with E-state index in [2.05, 4.69) is 9.97 Å². The van der Waals surface area contributed by atoms with E-state index in [1.54, 1.807) is 13.3 Å². The van der Waals surface area contributed by atoms with Gasteiger partial charge < -0.3 is 4.74 Å². The largest absolute Gasteiger partial charge is 0.497 e. The molecule has 0 atom stereocenters. The second-order valence-electron chi connectivity index (χ2n) is 4.57. The number of rotatable bonds is 2. The van der Waals surface area contributed by atoms with Crippen molar-refractivity contribution >= 4 is 5.78 Å². The minimum Gasteiger partial charge on any atom is -0.497 e. The standard InChI is InChI=1S/C15H14N2O2/c1-19-12-7-5-10(6-8-12)15-16-9-11-3-2-4-13(18)14(11)17-15/h5-9H,2-4H2,1H3. The number of methoxy groups -OCH3 is 1. The lowest BCUT2D eigenvalue weighted by molar-refractivity contribution is 0.0967. The second-order valence-corrected chi connectivity index (χ2v) is 4.57. The summed E-state index contributed by atoms with van der Waals surface area (Å²) in [6.07, 6.45) is 4.16. The first-order chi connectivity index (χ1) is 9.28. The highest BCUT2D eigenvalue weighted by molar-refractivity contribution is 5.96. The van der Waals surface area contributed by atoms with Gasteiger partial charge in [-0.25, -0.2) is 9.97 Å². The molecule has 1 aliphatic carbocycles. The quantitative estimate of drug-likeness (QED) is 0.826. The van der Waals surface area contributed by atoms with Crippen LogP contribution in [0.25, 0.3) is 11.4 Å². The number of ether oxygens (including phenoxy) is 1. The lowest BCUT2D eigenvalue weighted by Crippen LogP contribution is -2.14. The lowest BCUT2D eigenvalue weighted by Gasteiger charge is -2.13. The number of benzene rings is 1. The first-order valence-corrected chi connectivity index (χ1v) is 6.31. The number of hydrogen-bond donors (Lipinski definition) is 0. The molecule has 3 rings (SSSR count). The van der Waals surface area contributed by atoms with Crippen LogP contribution in [0.1, 0.15) is 28.9 Å². The maximum atomic E-state index is 11.9. The molecule has 0 saturated carbocycles. The fourth-order valence-corrected chi connectivity index (χ4v) is 2.27. The fraction of sp³-hybridized carbons (Fsp3) is 0.267. The number of carbonyl (C=O) groups is 1. The van der Waals surface area contributed by atoms with Gasteiger partial charge in [0.2, 0.25) is 0 Å². The Balaban J connectivity index is 2.01. The van der Waals surface area contributed by atoms with Crippen molar-refractivity contribution in [3.8, 4) is 17.1 Å². The topological polar surface area (TPSA) is 52.1 Å². The summed E-state index contributed by atoms with van der Waals surface area (Å²) in [5.41, 5.74) is 2.45. The summed E-state index contributed by atoms with van der Waals surface area (Å²) in [5, 5.41) is 0. The van der Waals surface area contributed by atoms with Crippen molar-refractivity contribution in [3.63, 3.8) is 0 Å². The predicted molar refractivity (Wildman–Crippen MR) is 71.3 cm³/mol. The molecule has 4 nitrogen and oxygen atoms in total. The molecule has 1 aromatic heterocycles. The van der Waals surface area contributed by atoms with Gasteiger partial charge in [-0.3, -0.25) is 4.79 Å². The van der Waals surface area contributed by atoms with Gasteiger partial charge in [-0.1, -0.05) is 0 Å². The molecule has 0 unspecified atom stereocenters. The van der Waals surface area contributed by atoms with Crippen molar-refractivity contribution in [2.24, 2.45) is 0 Å². The number of carbonyl (C=O) groups excluding carboxylic acids is 1. The summed E-state index contributed by atoms with van der Waals surface area (Å²) in [6, 6.07) is 7.52. The van der Waals surface area contributed by atoms with Gasteiger partial charge in [-0.05, 0) is 42.7 Å². The highest BCUT2D eigenvalue weighted by Gasteiger charge is 2.19. The molecule has 0 N–H and O–H groups in total. The van der Waals surface area contributed by atoms with Crippen LogP contribution in [-0.4, -0.2) is 22.9 Å². The first kappa shape index (κ1) is 11.8. The molecule has 0 fully saturated rings. The third-order valence-electron chi connectivity index (χ3n) is 3.33. The van der Waals surface area contributed by atoms with E-state index in [0.717, 1.165) is 29.7 Å². The summed E-state index contributed by atoms with van der Waals surface area (Å²) in [7, 11) is 1.63. The average Bonchev–Trinajstić information content (AvgIpc) is 2.47. The van der Waals surface area contributed by atoms with Gasteiger partial charge in [-0.2, -0.15) is 0 Å². The van der Waals surface area contributed by atoms with E-state index in [4.69, 9.17) is 4.74 Å². The van der Waals surface area contributed by atoms with Crippen LogP contribution in [0.4, 0.5) is 0 Å². The molecule has 0 spiro atoms. The van der Waals surface area contributed by atoms with E-state index in [0.29, 0.717) is 17.9 Å². The Morgan fingerprint density at radius 2 is 1.95 bits per heavy atom. The van der Waals surface area contributed by atoms with Crippen LogP contribution in [-0.2, 0) is 6.42 Å². The third-order valence-corrected chi connectivity index (χ3v) is 3.33. The number of hydrogen-bond acceptors (Lipinski definition) is 4. The Labute approximate surface area is 111 Å². The average molecular weight is 254 g/mol. The second kappa shape index (κ2) is 4.80. The molecule has 0 amide bonds. The summed E-state index contributed by atoms with van der Waals surface area (Å²) in [4.78, 5) is 20.6. The van der Waals surface area contributed by atoms with Crippen LogP contribution in [0.15, 0.2) is 30.5 Å². The summed E-state index contributed by atoms with van der Waals surface area (Å²) < 4.78 is 5.12. The van der Waals surface area contributed by atoms with Gasteiger partial charge in [0.1, 0.15) is 11.4 Å². The Morgan fingerprint density at radius 1 is 1.16 bits per heavy atom. The number of aromatic nitrogens is 2. The van der Waals surface area contributed by atoms with Gasteiger partial charge in [0.05, 0.1) is 7.11 Å². The normalized spacial score (nSPS) is 14.1. The predicted octanol–water partition coefficient (Wildman–Crippen LogP) is 2.67. The van der Waals surface area contributed by atoms with Gasteiger partial charge in [0.15, 0.2) is 11.6 Å². The number of ketones is 1. The molecule has 2 aromatic rings. The zero-order valence-corrected chi connectivity index (χ0v) is 10.7. The van der Waals surface area contributed by atoms with Crippen molar-refractivity contribution in [1.29, 1.82) is 0 Å². The van der Waals surface area contributed by atoms with Crippen molar-refractivity contribution < 1.29 is 9.53 Å². The zero-order chi connectivity index (χ0) is 13.2. The minimum atomic E-state index is 0.124. The molecule has 0 radical (unpaired) electrons. The molecule has 19 heavy (non-hydrogen) atoms. The van der Waals surface area contributed by atoms with Crippen molar-refractivity contribution in [2.45, 2.75) is 19.3 Å². The molecule has 0 bridgehead atoms. The summed E-state index contributed by atoms with van der Waals surface area (Å²) in [6.45, 7) is 0. The third kappa shape index (κ3) is 2.21. The van der Waals surface area contributed by atoms with Crippen LogP contribution in [0.3, 0.4) is 0 Å². The van der Waals surface area contributed by atoms with Crippen LogP contribution in [0.2, 0.25) is 0 Å². The van der Waals surface area contributed by atoms with Crippen molar-refractivity contribution in [1.82, 2.24) is 9.97 Å². The molecule has 1 aromatic carbocycles. The molecule has 0 saturated heterocycles. The molecule has 1 aliphatic rings. The van der Waals surface area contributed by atoms with Gasteiger partial charge in [-0.15, -0.1) is 0 Å². The van der Waals surface area contributed by atoms with E-state index in [1.807, 2.05) is 24.3 Å². The zero-order valence-electron chi connectivity index (χ0n) is 10.7. The Bertz CT molecular complexity index is 621. The van der Waals surface area contributed by atoms with Crippen molar-refractivity contribution in [2.75, 3.05) is 7.11 Å². The minimum absolute atomic E-state index is 0.124. The van der Waals surface area contributed by atoms with Crippen LogP contribution < -0.4 is 4.74 Å². The molecular weight excluding hydrogens is 240 g/mol. The maximum absolute atomic E-state index is 11.9. The van der Waals surface area contributed by atoms with Gasteiger partial charge in [0, 0.05) is 18.2 Å². The SMILES string of the molecule is COc1ccc(-c2ncc3c(n2)C(=O)CCC3)cc1. The highest BCUT2D eigenvalue weighted by atomic mass is 16.5.